The van der Waals surface area contributed by atoms with Crippen LogP contribution >= 0.6 is 0 Å². The molecular weight excluding hydrogens is 257 g/mol. The maximum atomic E-state index is 12.8. The zero-order valence-electron chi connectivity index (χ0n) is 11.0. The summed E-state index contributed by atoms with van der Waals surface area (Å²) in [5.41, 5.74) is 7.63. The average molecular weight is 271 g/mol. The molecule has 0 radical (unpaired) electrons. The van der Waals surface area contributed by atoms with Gasteiger partial charge in [-0.05, 0) is 48.9 Å². The third-order valence-corrected chi connectivity index (χ3v) is 2.69. The number of aromatic nitrogens is 1. The first-order valence-corrected chi connectivity index (χ1v) is 6.00. The Morgan fingerprint density at radius 1 is 1.10 bits per heavy atom. The number of benzene rings is 1. The van der Waals surface area contributed by atoms with Crippen LogP contribution < -0.4 is 10.9 Å². The van der Waals surface area contributed by atoms with Crippen LogP contribution in [0.1, 0.15) is 21.6 Å². The van der Waals surface area contributed by atoms with Crippen LogP contribution in [0.5, 0.6) is 0 Å². The Morgan fingerprint density at radius 3 is 2.35 bits per heavy atom. The van der Waals surface area contributed by atoms with Crippen molar-refractivity contribution in [2.75, 3.05) is 0 Å². The number of nitrogens with one attached hydrogen (secondary N) is 2. The van der Waals surface area contributed by atoms with Gasteiger partial charge in [-0.2, -0.15) is 0 Å². The minimum absolute atomic E-state index is 0.319. The summed E-state index contributed by atoms with van der Waals surface area (Å²) >= 11 is 0. The number of halogens is 1. The van der Waals surface area contributed by atoms with Crippen LogP contribution in [0.25, 0.3) is 5.70 Å². The lowest BCUT2D eigenvalue weighted by Crippen LogP contribution is -2.35. The van der Waals surface area contributed by atoms with Gasteiger partial charge in [0.25, 0.3) is 5.91 Å². The van der Waals surface area contributed by atoms with Gasteiger partial charge in [0.1, 0.15) is 5.82 Å². The van der Waals surface area contributed by atoms with Crippen molar-refractivity contribution in [3.8, 4) is 0 Å². The van der Waals surface area contributed by atoms with E-state index >= 15 is 0 Å². The standard InChI is InChI=1S/C15H14FN3O/c1-10-3-4-13(9-17-10)15(20)19-18-11(2)12-5-7-14(16)8-6-12/h3-9,18H,2H2,1H3,(H,19,20). The lowest BCUT2D eigenvalue weighted by molar-refractivity contribution is 0.0942. The number of pyridine rings is 1. The summed E-state index contributed by atoms with van der Waals surface area (Å²) in [7, 11) is 0. The van der Waals surface area contributed by atoms with Gasteiger partial charge >= 0.3 is 0 Å². The molecule has 2 rings (SSSR count). The van der Waals surface area contributed by atoms with Crippen LogP contribution in [0.4, 0.5) is 4.39 Å². The summed E-state index contributed by atoms with van der Waals surface area (Å²) in [6.07, 6.45) is 1.49. The molecule has 0 bridgehead atoms. The van der Waals surface area contributed by atoms with Crippen molar-refractivity contribution in [2.24, 2.45) is 0 Å². The van der Waals surface area contributed by atoms with Gasteiger partial charge in [-0.15, -0.1) is 0 Å². The number of hydrazine groups is 1. The second-order valence-electron chi connectivity index (χ2n) is 4.25. The van der Waals surface area contributed by atoms with E-state index in [1.54, 1.807) is 24.3 Å². The zero-order valence-corrected chi connectivity index (χ0v) is 11.0. The summed E-state index contributed by atoms with van der Waals surface area (Å²) in [6.45, 7) is 5.61. The van der Waals surface area contributed by atoms with Crippen LogP contribution in [-0.4, -0.2) is 10.9 Å². The molecule has 0 spiro atoms. The molecule has 0 saturated carbocycles. The third kappa shape index (κ3) is 3.41. The molecule has 2 aromatic rings. The number of rotatable bonds is 4. The molecule has 1 aromatic carbocycles. The summed E-state index contributed by atoms with van der Waals surface area (Å²) < 4.78 is 12.8. The molecule has 0 fully saturated rings. The molecule has 102 valence electrons. The number of carbonyl (C=O) groups excluding carboxylic acids is 1. The Bertz CT molecular complexity index is 563. The molecule has 0 atom stereocenters. The van der Waals surface area contributed by atoms with Crippen molar-refractivity contribution >= 4 is 11.6 Å². The molecule has 0 aliphatic heterocycles. The van der Waals surface area contributed by atoms with Crippen LogP contribution in [0.2, 0.25) is 0 Å². The Hall–Kier alpha value is -2.69. The fourth-order valence-electron chi connectivity index (χ4n) is 1.53. The highest BCUT2D eigenvalue weighted by molar-refractivity contribution is 5.94. The van der Waals surface area contributed by atoms with E-state index in [0.717, 1.165) is 5.69 Å². The molecule has 1 aromatic heterocycles. The van der Waals surface area contributed by atoms with Crippen molar-refractivity contribution < 1.29 is 9.18 Å². The van der Waals surface area contributed by atoms with Gasteiger partial charge in [-0.25, -0.2) is 4.39 Å². The monoisotopic (exact) mass is 271 g/mol. The summed E-state index contributed by atoms with van der Waals surface area (Å²) in [4.78, 5) is 15.9. The highest BCUT2D eigenvalue weighted by atomic mass is 19.1. The number of nitrogens with zero attached hydrogens (tertiary/aromatic N) is 1. The Balaban J connectivity index is 1.94. The summed E-state index contributed by atoms with van der Waals surface area (Å²) in [5.74, 6) is -0.642. The van der Waals surface area contributed by atoms with Crippen molar-refractivity contribution in [1.82, 2.24) is 15.8 Å². The number of aryl methyl sites for hydroxylation is 1. The van der Waals surface area contributed by atoms with Crippen LogP contribution in [0.15, 0.2) is 49.2 Å². The topological polar surface area (TPSA) is 54.0 Å². The lowest BCUT2D eigenvalue weighted by Gasteiger charge is -2.11. The predicted molar refractivity (Wildman–Crippen MR) is 75.0 cm³/mol. The molecule has 1 heterocycles. The van der Waals surface area contributed by atoms with E-state index in [0.29, 0.717) is 16.8 Å². The molecule has 0 aliphatic carbocycles. The molecule has 0 unspecified atom stereocenters. The number of hydrogen-bond donors (Lipinski definition) is 2. The number of amides is 1. The van der Waals surface area contributed by atoms with Gasteiger partial charge in [-0.3, -0.25) is 20.6 Å². The van der Waals surface area contributed by atoms with Crippen molar-refractivity contribution in [3.05, 3.63) is 71.8 Å². The highest BCUT2D eigenvalue weighted by Crippen LogP contribution is 2.09. The average Bonchev–Trinajstić information content (AvgIpc) is 2.46. The fraction of sp³-hybridized carbons (Fsp3) is 0.0667. The first-order chi connectivity index (χ1) is 9.56. The first kappa shape index (κ1) is 13.7. The minimum Gasteiger partial charge on any atom is -0.298 e. The Kier molecular flexibility index (Phi) is 4.10. The van der Waals surface area contributed by atoms with Crippen molar-refractivity contribution in [3.63, 3.8) is 0 Å². The molecular formula is C15H14FN3O. The van der Waals surface area contributed by atoms with Gasteiger partial charge in [0.2, 0.25) is 0 Å². The van der Waals surface area contributed by atoms with Gasteiger partial charge in [0, 0.05) is 11.9 Å². The predicted octanol–water partition coefficient (Wildman–Crippen LogP) is 2.43. The van der Waals surface area contributed by atoms with Gasteiger partial charge in [0.15, 0.2) is 0 Å². The molecule has 1 amide bonds. The maximum Gasteiger partial charge on any atom is 0.271 e. The molecule has 0 aliphatic rings. The minimum atomic E-state index is -0.323. The highest BCUT2D eigenvalue weighted by Gasteiger charge is 2.06. The smallest absolute Gasteiger partial charge is 0.271 e. The number of hydrogen-bond acceptors (Lipinski definition) is 3. The van der Waals surface area contributed by atoms with E-state index in [1.165, 1.54) is 18.3 Å². The van der Waals surface area contributed by atoms with Gasteiger partial charge in [0.05, 0.1) is 11.3 Å². The van der Waals surface area contributed by atoms with Gasteiger partial charge < -0.3 is 0 Å². The van der Waals surface area contributed by atoms with E-state index in [1.807, 2.05) is 6.92 Å². The lowest BCUT2D eigenvalue weighted by atomic mass is 10.2. The van der Waals surface area contributed by atoms with E-state index in [9.17, 15) is 9.18 Å². The van der Waals surface area contributed by atoms with E-state index in [4.69, 9.17) is 0 Å². The Labute approximate surface area is 116 Å². The van der Waals surface area contributed by atoms with Crippen molar-refractivity contribution in [2.45, 2.75) is 6.92 Å². The molecule has 4 nitrogen and oxygen atoms in total. The Morgan fingerprint density at radius 2 is 1.75 bits per heavy atom. The molecule has 20 heavy (non-hydrogen) atoms. The van der Waals surface area contributed by atoms with Gasteiger partial charge in [-0.1, -0.05) is 6.58 Å². The second-order valence-corrected chi connectivity index (χ2v) is 4.25. The van der Waals surface area contributed by atoms with Crippen LogP contribution in [-0.2, 0) is 0 Å². The van der Waals surface area contributed by atoms with Crippen LogP contribution in [0.3, 0.4) is 0 Å². The van der Waals surface area contributed by atoms with Crippen LogP contribution in [0, 0.1) is 12.7 Å². The molecule has 5 heteroatoms. The normalized spacial score (nSPS) is 9.90. The van der Waals surface area contributed by atoms with Crippen molar-refractivity contribution in [1.29, 1.82) is 0 Å². The third-order valence-electron chi connectivity index (χ3n) is 2.69. The molecule has 2 N–H and O–H groups in total. The zero-order chi connectivity index (χ0) is 14.5. The molecule has 0 saturated heterocycles. The van der Waals surface area contributed by atoms with E-state index in [-0.39, 0.29) is 11.7 Å². The SMILES string of the molecule is C=C(NNC(=O)c1ccc(C)nc1)c1ccc(F)cc1. The maximum absolute atomic E-state index is 12.8. The summed E-state index contributed by atoms with van der Waals surface area (Å²) in [6, 6.07) is 9.24. The largest absolute Gasteiger partial charge is 0.298 e. The second kappa shape index (κ2) is 5.97. The first-order valence-electron chi connectivity index (χ1n) is 6.00. The number of carbonyl (C=O) groups is 1. The van der Waals surface area contributed by atoms with E-state index < -0.39 is 0 Å². The quantitative estimate of drug-likeness (QED) is 0.840. The fourth-order valence-corrected chi connectivity index (χ4v) is 1.53. The van der Waals surface area contributed by atoms with E-state index in [2.05, 4.69) is 22.4 Å². The summed E-state index contributed by atoms with van der Waals surface area (Å²) in [5, 5.41) is 0.